The van der Waals surface area contributed by atoms with Crippen LogP contribution in [0.4, 0.5) is 13.2 Å². The van der Waals surface area contributed by atoms with Crippen molar-refractivity contribution in [3.63, 3.8) is 0 Å². The molecule has 1 amide bonds. The Labute approximate surface area is 78.7 Å². The van der Waals surface area contributed by atoms with Crippen LogP contribution in [-0.4, -0.2) is 13.0 Å². The third kappa shape index (κ3) is 2.04. The molecule has 0 radical (unpaired) electrons. The molecule has 0 aliphatic heterocycles. The number of amides is 1. The van der Waals surface area contributed by atoms with Crippen molar-refractivity contribution >= 4 is 5.91 Å². The molecule has 1 N–H and O–H groups in total. The number of carbonyl (C=O) groups is 1. The molecule has 0 aromatic heterocycles. The molecule has 0 unspecified atom stereocenters. The first kappa shape index (κ1) is 10.6. The monoisotopic (exact) mass is 203 g/mol. The van der Waals surface area contributed by atoms with E-state index in [4.69, 9.17) is 0 Å². The highest BCUT2D eigenvalue weighted by Gasteiger charge is 2.14. The van der Waals surface area contributed by atoms with Crippen LogP contribution < -0.4 is 5.32 Å². The van der Waals surface area contributed by atoms with Gasteiger partial charge in [-0.1, -0.05) is 6.07 Å². The molecule has 0 aliphatic rings. The minimum atomic E-state index is -1.55. The Morgan fingerprint density at radius 2 is 1.93 bits per heavy atom. The Balaban J connectivity index is 3.00. The standard InChI is InChI=1S/C9H8F3NO/c1-13-7(14)4-5-2-3-6(10)9(12)8(5)11/h2-3H,4H2,1H3,(H,13,14). The summed E-state index contributed by atoms with van der Waals surface area (Å²) in [6.07, 6.45) is -0.306. The fraction of sp³-hybridized carbons (Fsp3) is 0.222. The quantitative estimate of drug-likeness (QED) is 0.723. The Kier molecular flexibility index (Phi) is 3.11. The van der Waals surface area contributed by atoms with Gasteiger partial charge in [0.15, 0.2) is 17.5 Å². The van der Waals surface area contributed by atoms with E-state index < -0.39 is 23.4 Å². The predicted molar refractivity (Wildman–Crippen MR) is 44.1 cm³/mol. The summed E-state index contributed by atoms with van der Waals surface area (Å²) in [5.41, 5.74) is -0.164. The van der Waals surface area contributed by atoms with Crippen LogP contribution in [0.3, 0.4) is 0 Å². The van der Waals surface area contributed by atoms with Crippen LogP contribution in [0.5, 0.6) is 0 Å². The van der Waals surface area contributed by atoms with E-state index in [0.29, 0.717) is 0 Å². The number of benzene rings is 1. The molecule has 5 heteroatoms. The van der Waals surface area contributed by atoms with Crippen LogP contribution >= 0.6 is 0 Å². The normalized spacial score (nSPS) is 10.0. The van der Waals surface area contributed by atoms with E-state index in [1.807, 2.05) is 0 Å². The van der Waals surface area contributed by atoms with Gasteiger partial charge < -0.3 is 5.32 Å². The molecule has 0 fully saturated rings. The van der Waals surface area contributed by atoms with E-state index in [9.17, 15) is 18.0 Å². The number of carbonyl (C=O) groups excluding carboxylic acids is 1. The van der Waals surface area contributed by atoms with Crippen molar-refractivity contribution in [3.8, 4) is 0 Å². The molecule has 76 valence electrons. The molecule has 0 saturated heterocycles. The van der Waals surface area contributed by atoms with Gasteiger partial charge in [-0.2, -0.15) is 0 Å². The van der Waals surface area contributed by atoms with Crippen molar-refractivity contribution in [3.05, 3.63) is 35.1 Å². The summed E-state index contributed by atoms with van der Waals surface area (Å²) in [5, 5.41) is 2.25. The molecule has 0 aliphatic carbocycles. The van der Waals surface area contributed by atoms with E-state index in [-0.39, 0.29) is 12.0 Å². The van der Waals surface area contributed by atoms with Gasteiger partial charge in [-0.25, -0.2) is 13.2 Å². The first-order valence-electron chi connectivity index (χ1n) is 3.89. The molecule has 0 heterocycles. The van der Waals surface area contributed by atoms with Gasteiger partial charge >= 0.3 is 0 Å². The predicted octanol–water partition coefficient (Wildman–Crippen LogP) is 1.39. The number of hydrogen-bond donors (Lipinski definition) is 1. The van der Waals surface area contributed by atoms with Gasteiger partial charge in [0.05, 0.1) is 6.42 Å². The van der Waals surface area contributed by atoms with Crippen molar-refractivity contribution in [1.29, 1.82) is 0 Å². The van der Waals surface area contributed by atoms with Gasteiger partial charge in [-0.3, -0.25) is 4.79 Å². The van der Waals surface area contributed by atoms with Gasteiger partial charge in [-0.05, 0) is 6.07 Å². The average Bonchev–Trinajstić information content (AvgIpc) is 2.19. The lowest BCUT2D eigenvalue weighted by Gasteiger charge is -2.03. The van der Waals surface area contributed by atoms with E-state index in [0.717, 1.165) is 12.1 Å². The van der Waals surface area contributed by atoms with Crippen LogP contribution in [0, 0.1) is 17.5 Å². The Morgan fingerprint density at radius 3 is 2.50 bits per heavy atom. The van der Waals surface area contributed by atoms with Crippen LogP contribution in [0.25, 0.3) is 0 Å². The maximum absolute atomic E-state index is 13.0. The zero-order valence-electron chi connectivity index (χ0n) is 7.40. The van der Waals surface area contributed by atoms with Crippen LogP contribution in [0.2, 0.25) is 0 Å². The number of hydrogen-bond acceptors (Lipinski definition) is 1. The summed E-state index contributed by atoms with van der Waals surface area (Å²) in [5.74, 6) is -4.59. The molecule has 1 aromatic carbocycles. The molecule has 0 spiro atoms. The Bertz CT molecular complexity index is 365. The van der Waals surface area contributed by atoms with Gasteiger partial charge in [0, 0.05) is 12.6 Å². The molecule has 0 atom stereocenters. The number of rotatable bonds is 2. The molecule has 0 bridgehead atoms. The summed E-state index contributed by atoms with van der Waals surface area (Å²) in [4.78, 5) is 10.8. The van der Waals surface area contributed by atoms with E-state index in [1.54, 1.807) is 0 Å². The minimum Gasteiger partial charge on any atom is -0.359 e. The van der Waals surface area contributed by atoms with Gasteiger partial charge in [-0.15, -0.1) is 0 Å². The maximum atomic E-state index is 13.0. The highest BCUT2D eigenvalue weighted by molar-refractivity contribution is 5.78. The summed E-state index contributed by atoms with van der Waals surface area (Å²) >= 11 is 0. The molecule has 14 heavy (non-hydrogen) atoms. The summed E-state index contributed by atoms with van der Waals surface area (Å²) < 4.78 is 38.1. The fourth-order valence-electron chi connectivity index (χ4n) is 0.964. The second-order valence-electron chi connectivity index (χ2n) is 2.68. The molecule has 1 rings (SSSR count). The third-order valence-corrected chi connectivity index (χ3v) is 1.75. The lowest BCUT2D eigenvalue weighted by Crippen LogP contribution is -2.20. The lowest BCUT2D eigenvalue weighted by atomic mass is 10.1. The first-order valence-corrected chi connectivity index (χ1v) is 3.89. The zero-order valence-corrected chi connectivity index (χ0v) is 7.40. The molecule has 0 saturated carbocycles. The van der Waals surface area contributed by atoms with Crippen LogP contribution in [-0.2, 0) is 11.2 Å². The van der Waals surface area contributed by atoms with Crippen molar-refractivity contribution in [2.75, 3.05) is 7.05 Å². The van der Waals surface area contributed by atoms with Gasteiger partial charge in [0.2, 0.25) is 5.91 Å². The number of likely N-dealkylation sites (N-methyl/N-ethyl adjacent to an activating group) is 1. The Hall–Kier alpha value is -1.52. The highest BCUT2D eigenvalue weighted by Crippen LogP contribution is 2.15. The molecule has 2 nitrogen and oxygen atoms in total. The summed E-state index contributed by atoms with van der Waals surface area (Å²) in [6.45, 7) is 0. The van der Waals surface area contributed by atoms with Crippen LogP contribution in [0.15, 0.2) is 12.1 Å². The maximum Gasteiger partial charge on any atom is 0.224 e. The smallest absolute Gasteiger partial charge is 0.224 e. The molecular formula is C9H8F3NO. The topological polar surface area (TPSA) is 29.1 Å². The SMILES string of the molecule is CNC(=O)Cc1ccc(F)c(F)c1F. The van der Waals surface area contributed by atoms with E-state index in [1.165, 1.54) is 7.05 Å². The van der Waals surface area contributed by atoms with E-state index >= 15 is 0 Å². The second-order valence-corrected chi connectivity index (χ2v) is 2.68. The first-order chi connectivity index (χ1) is 6.56. The van der Waals surface area contributed by atoms with Crippen molar-refractivity contribution < 1.29 is 18.0 Å². The zero-order chi connectivity index (χ0) is 10.7. The van der Waals surface area contributed by atoms with E-state index in [2.05, 4.69) is 5.32 Å². The van der Waals surface area contributed by atoms with Crippen LogP contribution in [0.1, 0.15) is 5.56 Å². The van der Waals surface area contributed by atoms with Crippen molar-refractivity contribution in [2.24, 2.45) is 0 Å². The highest BCUT2D eigenvalue weighted by atomic mass is 19.2. The number of halogens is 3. The number of nitrogens with one attached hydrogen (secondary N) is 1. The summed E-state index contributed by atoms with van der Waals surface area (Å²) in [6, 6.07) is 1.83. The van der Waals surface area contributed by atoms with Crippen molar-refractivity contribution in [1.82, 2.24) is 5.32 Å². The average molecular weight is 203 g/mol. The summed E-state index contributed by atoms with van der Waals surface area (Å²) in [7, 11) is 1.38. The van der Waals surface area contributed by atoms with Gasteiger partial charge in [0.25, 0.3) is 0 Å². The third-order valence-electron chi connectivity index (χ3n) is 1.75. The van der Waals surface area contributed by atoms with Crippen molar-refractivity contribution in [2.45, 2.75) is 6.42 Å². The van der Waals surface area contributed by atoms with Gasteiger partial charge in [0.1, 0.15) is 0 Å². The largest absolute Gasteiger partial charge is 0.359 e. The lowest BCUT2D eigenvalue weighted by molar-refractivity contribution is -0.120. The molecular weight excluding hydrogens is 195 g/mol. The second kappa shape index (κ2) is 4.13. The Morgan fingerprint density at radius 1 is 1.29 bits per heavy atom. The molecule has 1 aromatic rings. The fourth-order valence-corrected chi connectivity index (χ4v) is 0.964. The minimum absolute atomic E-state index is 0.164.